The van der Waals surface area contributed by atoms with E-state index in [1.165, 1.54) is 0 Å². The predicted molar refractivity (Wildman–Crippen MR) is 89.1 cm³/mol. The van der Waals surface area contributed by atoms with Gasteiger partial charge in [0.1, 0.15) is 6.33 Å². The molecule has 2 N–H and O–H groups in total. The second-order valence-corrected chi connectivity index (χ2v) is 6.17. The molecule has 3 aromatic rings. The first-order chi connectivity index (χ1) is 11.7. The largest absolute Gasteiger partial charge is 0.288 e. The van der Waals surface area contributed by atoms with Crippen molar-refractivity contribution in [3.8, 4) is 0 Å². The lowest BCUT2D eigenvalue weighted by Gasteiger charge is -2.01. The van der Waals surface area contributed by atoms with E-state index in [0.29, 0.717) is 17.3 Å². The van der Waals surface area contributed by atoms with Crippen molar-refractivity contribution in [3.63, 3.8) is 0 Å². The van der Waals surface area contributed by atoms with E-state index in [0.717, 1.165) is 36.1 Å². The van der Waals surface area contributed by atoms with E-state index in [4.69, 9.17) is 11.6 Å². The minimum Gasteiger partial charge on any atom is -0.288 e. The van der Waals surface area contributed by atoms with E-state index in [1.54, 1.807) is 11.0 Å². The normalized spacial score (nSPS) is 13.0. The third-order valence-corrected chi connectivity index (χ3v) is 4.29. The van der Waals surface area contributed by atoms with Crippen LogP contribution in [0.25, 0.3) is 0 Å². The number of carbonyl (C=O) groups is 1. The number of aromatic nitrogens is 5. The van der Waals surface area contributed by atoms with Crippen LogP contribution < -0.4 is 5.32 Å². The summed E-state index contributed by atoms with van der Waals surface area (Å²) in [6, 6.07) is 7.51. The van der Waals surface area contributed by atoms with Gasteiger partial charge >= 0.3 is 0 Å². The highest BCUT2D eigenvalue weighted by Gasteiger charge is 2.23. The Kier molecular flexibility index (Phi) is 3.78. The van der Waals surface area contributed by atoms with Gasteiger partial charge in [-0.2, -0.15) is 5.10 Å². The Morgan fingerprint density at radius 3 is 2.96 bits per heavy atom. The molecule has 0 radical (unpaired) electrons. The monoisotopic (exact) mass is 342 g/mol. The summed E-state index contributed by atoms with van der Waals surface area (Å²) in [4.78, 5) is 16.5. The van der Waals surface area contributed by atoms with Gasteiger partial charge in [0, 0.05) is 16.3 Å². The third-order valence-electron chi connectivity index (χ3n) is 4.04. The molecule has 0 unspecified atom stereocenters. The summed E-state index contributed by atoms with van der Waals surface area (Å²) in [6.07, 6.45) is 4.47. The van der Waals surface area contributed by atoms with Crippen LogP contribution in [-0.4, -0.2) is 30.9 Å². The quantitative estimate of drug-likeness (QED) is 0.762. The molecule has 2 heterocycles. The van der Waals surface area contributed by atoms with E-state index in [9.17, 15) is 4.79 Å². The topological polar surface area (TPSA) is 88.5 Å². The van der Waals surface area contributed by atoms with Crippen molar-refractivity contribution in [1.29, 1.82) is 0 Å². The lowest BCUT2D eigenvalue weighted by atomic mass is 10.2. The molecule has 7 nitrogen and oxygen atoms in total. The average Bonchev–Trinajstić information content (AvgIpc) is 3.26. The number of rotatable bonds is 4. The van der Waals surface area contributed by atoms with Crippen molar-refractivity contribution in [2.75, 3.05) is 5.32 Å². The molecule has 0 saturated carbocycles. The molecule has 1 aliphatic rings. The van der Waals surface area contributed by atoms with Gasteiger partial charge in [-0.05, 0) is 37.0 Å². The van der Waals surface area contributed by atoms with Crippen LogP contribution in [0.1, 0.15) is 33.7 Å². The van der Waals surface area contributed by atoms with Gasteiger partial charge in [0.15, 0.2) is 5.69 Å². The molecule has 0 atom stereocenters. The van der Waals surface area contributed by atoms with E-state index < -0.39 is 0 Å². The first kappa shape index (κ1) is 14.9. The highest BCUT2D eigenvalue weighted by Crippen LogP contribution is 2.23. The molecular weight excluding hydrogens is 328 g/mol. The standard InChI is InChI=1S/C16H15ClN6O/c17-11-6-4-10(5-7-11)8-23-9-18-16(22-23)19-15(24)14-12-2-1-3-13(12)20-21-14/h4-7,9H,1-3,8H2,(H,20,21)(H,19,22,24). The second-order valence-electron chi connectivity index (χ2n) is 5.73. The molecule has 4 rings (SSSR count). The number of nitrogens with zero attached hydrogens (tertiary/aromatic N) is 4. The molecule has 0 saturated heterocycles. The van der Waals surface area contributed by atoms with Crippen LogP contribution in [0.2, 0.25) is 5.02 Å². The number of nitrogens with one attached hydrogen (secondary N) is 2. The number of aromatic amines is 1. The first-order valence-electron chi connectivity index (χ1n) is 7.70. The molecule has 122 valence electrons. The number of hydrogen-bond acceptors (Lipinski definition) is 4. The summed E-state index contributed by atoms with van der Waals surface area (Å²) in [6.45, 7) is 0.553. The van der Waals surface area contributed by atoms with Gasteiger partial charge in [0.25, 0.3) is 5.91 Å². The van der Waals surface area contributed by atoms with Gasteiger partial charge < -0.3 is 0 Å². The Labute approximate surface area is 143 Å². The fraction of sp³-hybridized carbons (Fsp3) is 0.250. The van der Waals surface area contributed by atoms with E-state index in [2.05, 4.69) is 25.6 Å². The van der Waals surface area contributed by atoms with Crippen molar-refractivity contribution in [3.05, 3.63) is 58.1 Å². The molecule has 0 fully saturated rings. The average molecular weight is 343 g/mol. The van der Waals surface area contributed by atoms with Gasteiger partial charge in [0.2, 0.25) is 5.95 Å². The van der Waals surface area contributed by atoms with E-state index in [-0.39, 0.29) is 11.9 Å². The fourth-order valence-corrected chi connectivity index (χ4v) is 3.00. The number of hydrogen-bond donors (Lipinski definition) is 2. The molecule has 1 aromatic carbocycles. The molecular formula is C16H15ClN6O. The van der Waals surface area contributed by atoms with Crippen LogP contribution in [0.15, 0.2) is 30.6 Å². The lowest BCUT2D eigenvalue weighted by Crippen LogP contribution is -2.15. The fourth-order valence-electron chi connectivity index (χ4n) is 2.87. The Morgan fingerprint density at radius 1 is 1.29 bits per heavy atom. The van der Waals surface area contributed by atoms with Crippen LogP contribution in [0.5, 0.6) is 0 Å². The highest BCUT2D eigenvalue weighted by atomic mass is 35.5. The van der Waals surface area contributed by atoms with Gasteiger partial charge in [0.05, 0.1) is 6.54 Å². The molecule has 0 aliphatic heterocycles. The number of H-pyrrole nitrogens is 1. The summed E-state index contributed by atoms with van der Waals surface area (Å²) in [7, 11) is 0. The zero-order valence-electron chi connectivity index (χ0n) is 12.8. The molecule has 2 aromatic heterocycles. The van der Waals surface area contributed by atoms with Crippen molar-refractivity contribution < 1.29 is 4.79 Å². The molecule has 1 aliphatic carbocycles. The maximum atomic E-state index is 12.3. The zero-order chi connectivity index (χ0) is 16.5. The minimum absolute atomic E-state index is 0.267. The summed E-state index contributed by atoms with van der Waals surface area (Å²) in [5.41, 5.74) is 3.55. The Balaban J connectivity index is 1.45. The number of carbonyl (C=O) groups excluding carboxylic acids is 1. The van der Waals surface area contributed by atoms with E-state index in [1.807, 2.05) is 24.3 Å². The predicted octanol–water partition coefficient (Wildman–Crippen LogP) is 2.44. The number of fused-ring (bicyclic) bond motifs is 1. The van der Waals surface area contributed by atoms with Crippen molar-refractivity contribution in [2.24, 2.45) is 0 Å². The number of benzene rings is 1. The zero-order valence-corrected chi connectivity index (χ0v) is 13.5. The summed E-state index contributed by atoms with van der Waals surface area (Å²) >= 11 is 5.87. The van der Waals surface area contributed by atoms with Crippen LogP contribution in [0.4, 0.5) is 5.95 Å². The molecule has 0 spiro atoms. The van der Waals surface area contributed by atoms with Gasteiger partial charge in [-0.1, -0.05) is 23.7 Å². The third kappa shape index (κ3) is 2.90. The smallest absolute Gasteiger partial charge is 0.278 e. The number of amides is 1. The summed E-state index contributed by atoms with van der Waals surface area (Å²) < 4.78 is 1.66. The summed E-state index contributed by atoms with van der Waals surface area (Å²) in [5, 5.41) is 14.7. The number of aryl methyl sites for hydroxylation is 1. The van der Waals surface area contributed by atoms with Gasteiger partial charge in [-0.3, -0.25) is 15.2 Å². The summed E-state index contributed by atoms with van der Waals surface area (Å²) in [5.74, 6) is -0.0117. The van der Waals surface area contributed by atoms with Crippen molar-refractivity contribution in [2.45, 2.75) is 25.8 Å². The van der Waals surface area contributed by atoms with E-state index >= 15 is 0 Å². The van der Waals surface area contributed by atoms with Crippen molar-refractivity contribution >= 4 is 23.5 Å². The van der Waals surface area contributed by atoms with Crippen LogP contribution in [0.3, 0.4) is 0 Å². The molecule has 8 heteroatoms. The maximum absolute atomic E-state index is 12.3. The molecule has 1 amide bonds. The first-order valence-corrected chi connectivity index (χ1v) is 8.08. The number of anilines is 1. The Morgan fingerprint density at radius 2 is 2.12 bits per heavy atom. The van der Waals surface area contributed by atoms with Crippen LogP contribution >= 0.6 is 11.6 Å². The Hall–Kier alpha value is -2.67. The van der Waals surface area contributed by atoms with Crippen LogP contribution in [0, 0.1) is 0 Å². The minimum atomic E-state index is -0.279. The second kappa shape index (κ2) is 6.09. The molecule has 24 heavy (non-hydrogen) atoms. The Bertz CT molecular complexity index is 882. The van der Waals surface area contributed by atoms with Gasteiger partial charge in [-0.15, -0.1) is 5.10 Å². The molecule has 0 bridgehead atoms. The van der Waals surface area contributed by atoms with Gasteiger partial charge in [-0.25, -0.2) is 9.67 Å². The maximum Gasteiger partial charge on any atom is 0.278 e. The highest BCUT2D eigenvalue weighted by molar-refractivity contribution is 6.30. The lowest BCUT2D eigenvalue weighted by molar-refractivity contribution is 0.102. The van der Waals surface area contributed by atoms with Crippen LogP contribution in [-0.2, 0) is 19.4 Å². The number of halogens is 1. The SMILES string of the molecule is O=C(Nc1ncn(Cc2ccc(Cl)cc2)n1)c1n[nH]c2c1CCC2. The van der Waals surface area contributed by atoms with Crippen molar-refractivity contribution in [1.82, 2.24) is 25.0 Å².